The van der Waals surface area contributed by atoms with Gasteiger partial charge in [0.15, 0.2) is 0 Å². The predicted octanol–water partition coefficient (Wildman–Crippen LogP) is 1.10. The lowest BCUT2D eigenvalue weighted by atomic mass is 10.1. The van der Waals surface area contributed by atoms with Gasteiger partial charge in [0.25, 0.3) is 0 Å². The Balaban J connectivity index is 2.61. The van der Waals surface area contributed by atoms with Gasteiger partial charge in [-0.05, 0) is 31.0 Å². The van der Waals surface area contributed by atoms with Crippen molar-refractivity contribution in [1.29, 1.82) is 0 Å². The summed E-state index contributed by atoms with van der Waals surface area (Å²) in [4.78, 5) is -0.135. The number of hydrogen-bond donors (Lipinski definition) is 2. The first kappa shape index (κ1) is 15.9. The van der Waals surface area contributed by atoms with Crippen molar-refractivity contribution in [2.45, 2.75) is 18.6 Å². The second-order valence-corrected chi connectivity index (χ2v) is 6.57. The minimum Gasteiger partial charge on any atom is -0.392 e. The zero-order valence-corrected chi connectivity index (χ0v) is 11.8. The SMILES string of the molecule is CC(C(N)=S)S(=O)(=O)NCCc1cc(F)cc(F)c1. The average Bonchev–Trinajstić information content (AvgIpc) is 2.26. The molecule has 8 heteroatoms. The van der Waals surface area contributed by atoms with Crippen LogP contribution < -0.4 is 10.5 Å². The van der Waals surface area contributed by atoms with E-state index >= 15 is 0 Å². The van der Waals surface area contributed by atoms with Crippen molar-refractivity contribution < 1.29 is 17.2 Å². The van der Waals surface area contributed by atoms with Crippen molar-refractivity contribution in [3.63, 3.8) is 0 Å². The molecule has 1 rings (SSSR count). The highest BCUT2D eigenvalue weighted by Gasteiger charge is 2.22. The summed E-state index contributed by atoms with van der Waals surface area (Å²) in [7, 11) is -3.65. The molecule has 0 bridgehead atoms. The van der Waals surface area contributed by atoms with Crippen LogP contribution in [-0.2, 0) is 16.4 Å². The lowest BCUT2D eigenvalue weighted by Gasteiger charge is -2.12. The molecule has 0 heterocycles. The van der Waals surface area contributed by atoms with E-state index in [1.165, 1.54) is 6.92 Å². The lowest BCUT2D eigenvalue weighted by molar-refractivity contribution is 0.575. The Morgan fingerprint density at radius 1 is 1.37 bits per heavy atom. The molecule has 4 nitrogen and oxygen atoms in total. The summed E-state index contributed by atoms with van der Waals surface area (Å²) in [5, 5.41) is -0.994. The zero-order valence-electron chi connectivity index (χ0n) is 10.2. The Labute approximate surface area is 116 Å². The summed E-state index contributed by atoms with van der Waals surface area (Å²) >= 11 is 4.60. The number of hydrogen-bond acceptors (Lipinski definition) is 3. The van der Waals surface area contributed by atoms with Crippen molar-refractivity contribution >= 4 is 27.2 Å². The first-order chi connectivity index (χ1) is 8.72. The number of nitrogens with two attached hydrogens (primary N) is 1. The molecule has 1 aromatic rings. The summed E-state index contributed by atoms with van der Waals surface area (Å²) in [6.07, 6.45) is 0.165. The van der Waals surface area contributed by atoms with Gasteiger partial charge in [0.05, 0.1) is 4.99 Å². The van der Waals surface area contributed by atoms with Crippen LogP contribution in [0.3, 0.4) is 0 Å². The highest BCUT2D eigenvalue weighted by atomic mass is 32.2. The fraction of sp³-hybridized carbons (Fsp3) is 0.364. The number of halogens is 2. The molecule has 1 unspecified atom stereocenters. The van der Waals surface area contributed by atoms with Gasteiger partial charge < -0.3 is 5.73 Å². The second kappa shape index (κ2) is 6.36. The maximum atomic E-state index is 12.9. The molecule has 3 N–H and O–H groups in total. The molecular weight excluding hydrogens is 294 g/mol. The molecule has 0 radical (unpaired) electrons. The van der Waals surface area contributed by atoms with Crippen LogP contribution in [0, 0.1) is 11.6 Å². The molecule has 1 aromatic carbocycles. The van der Waals surface area contributed by atoms with Gasteiger partial charge in [-0.2, -0.15) is 0 Å². The molecule has 0 aliphatic rings. The van der Waals surface area contributed by atoms with E-state index in [4.69, 9.17) is 5.73 Å². The number of nitrogens with one attached hydrogen (secondary N) is 1. The third kappa shape index (κ3) is 4.81. The van der Waals surface area contributed by atoms with E-state index in [0.29, 0.717) is 5.56 Å². The van der Waals surface area contributed by atoms with Gasteiger partial charge in [-0.1, -0.05) is 12.2 Å². The van der Waals surface area contributed by atoms with E-state index in [9.17, 15) is 17.2 Å². The van der Waals surface area contributed by atoms with Gasteiger partial charge in [0.1, 0.15) is 16.9 Å². The Kier molecular flexibility index (Phi) is 5.33. The normalized spacial score (nSPS) is 13.2. The maximum Gasteiger partial charge on any atom is 0.220 e. The minimum atomic E-state index is -3.65. The fourth-order valence-corrected chi connectivity index (χ4v) is 2.69. The van der Waals surface area contributed by atoms with Gasteiger partial charge in [-0.15, -0.1) is 0 Å². The molecule has 0 fully saturated rings. The highest BCUT2D eigenvalue weighted by Crippen LogP contribution is 2.08. The van der Waals surface area contributed by atoms with Crippen molar-refractivity contribution in [2.24, 2.45) is 5.73 Å². The number of thiocarbonyl (C=S) groups is 1. The molecule has 0 amide bonds. The van der Waals surface area contributed by atoms with Crippen LogP contribution >= 0.6 is 12.2 Å². The molecule has 0 aliphatic carbocycles. The van der Waals surface area contributed by atoms with E-state index in [2.05, 4.69) is 16.9 Å². The van der Waals surface area contributed by atoms with Crippen LogP contribution in [0.1, 0.15) is 12.5 Å². The van der Waals surface area contributed by atoms with E-state index in [1.807, 2.05) is 0 Å². The summed E-state index contributed by atoms with van der Waals surface area (Å²) < 4.78 is 51.4. The van der Waals surface area contributed by atoms with Crippen molar-refractivity contribution in [3.8, 4) is 0 Å². The molecule has 0 aliphatic heterocycles. The summed E-state index contributed by atoms with van der Waals surface area (Å²) in [6.45, 7) is 1.38. The number of sulfonamides is 1. The first-order valence-corrected chi connectivity index (χ1v) is 7.40. The highest BCUT2D eigenvalue weighted by molar-refractivity contribution is 7.93. The summed E-state index contributed by atoms with van der Waals surface area (Å²) in [5.74, 6) is -1.40. The van der Waals surface area contributed by atoms with Gasteiger partial charge >= 0.3 is 0 Å². The molecule has 0 saturated carbocycles. The number of rotatable bonds is 6. The van der Waals surface area contributed by atoms with Crippen LogP contribution in [-0.4, -0.2) is 25.2 Å². The lowest BCUT2D eigenvalue weighted by Crippen LogP contribution is -2.40. The molecule has 1 atom stereocenters. The fourth-order valence-electron chi connectivity index (χ4n) is 1.37. The maximum absolute atomic E-state index is 12.9. The number of benzene rings is 1. The standard InChI is InChI=1S/C11H14F2N2O2S2/c1-7(11(14)18)19(16,17)15-3-2-8-4-9(12)6-10(13)5-8/h4-7,15H,2-3H2,1H3,(H2,14,18). The molecule has 0 spiro atoms. The largest absolute Gasteiger partial charge is 0.392 e. The quantitative estimate of drug-likeness (QED) is 0.772. The Morgan fingerprint density at radius 2 is 1.89 bits per heavy atom. The van der Waals surface area contributed by atoms with Crippen LogP contribution in [0.5, 0.6) is 0 Å². The van der Waals surface area contributed by atoms with Gasteiger partial charge in [-0.25, -0.2) is 21.9 Å². The minimum absolute atomic E-state index is 0.0121. The molecule has 106 valence electrons. The molecule has 0 aromatic heterocycles. The van der Waals surface area contributed by atoms with Crippen molar-refractivity contribution in [3.05, 3.63) is 35.4 Å². The van der Waals surface area contributed by atoms with E-state index in [0.717, 1.165) is 18.2 Å². The van der Waals surface area contributed by atoms with Gasteiger partial charge in [0, 0.05) is 12.6 Å². The van der Waals surface area contributed by atoms with Crippen LogP contribution in [0.25, 0.3) is 0 Å². The Hall–Kier alpha value is -1.12. The Bertz CT molecular complexity index is 556. The smallest absolute Gasteiger partial charge is 0.220 e. The average molecular weight is 308 g/mol. The van der Waals surface area contributed by atoms with Crippen LogP contribution in [0.15, 0.2) is 18.2 Å². The van der Waals surface area contributed by atoms with Gasteiger partial charge in [0.2, 0.25) is 10.0 Å². The van der Waals surface area contributed by atoms with Gasteiger partial charge in [-0.3, -0.25) is 0 Å². The Morgan fingerprint density at radius 3 is 2.37 bits per heavy atom. The summed E-state index contributed by atoms with van der Waals surface area (Å²) in [6, 6.07) is 3.05. The van der Waals surface area contributed by atoms with E-state index in [-0.39, 0.29) is 18.0 Å². The van der Waals surface area contributed by atoms with E-state index < -0.39 is 26.9 Å². The molecule has 19 heavy (non-hydrogen) atoms. The summed E-state index contributed by atoms with van der Waals surface area (Å²) in [5.41, 5.74) is 5.62. The third-order valence-electron chi connectivity index (χ3n) is 2.51. The first-order valence-electron chi connectivity index (χ1n) is 5.45. The predicted molar refractivity (Wildman–Crippen MR) is 73.2 cm³/mol. The van der Waals surface area contributed by atoms with Crippen LogP contribution in [0.2, 0.25) is 0 Å². The topological polar surface area (TPSA) is 72.2 Å². The third-order valence-corrected chi connectivity index (χ3v) is 4.80. The monoisotopic (exact) mass is 308 g/mol. The zero-order chi connectivity index (χ0) is 14.6. The van der Waals surface area contributed by atoms with E-state index in [1.54, 1.807) is 0 Å². The van der Waals surface area contributed by atoms with Crippen molar-refractivity contribution in [2.75, 3.05) is 6.54 Å². The van der Waals surface area contributed by atoms with Crippen molar-refractivity contribution in [1.82, 2.24) is 4.72 Å². The van der Waals surface area contributed by atoms with Crippen LogP contribution in [0.4, 0.5) is 8.78 Å². The molecule has 0 saturated heterocycles. The molecular formula is C11H14F2N2O2S2. The second-order valence-electron chi connectivity index (χ2n) is 4.01.